The van der Waals surface area contributed by atoms with Gasteiger partial charge in [-0.3, -0.25) is 0 Å². The summed E-state index contributed by atoms with van der Waals surface area (Å²) in [6, 6.07) is 8.32. The molecule has 1 fully saturated rings. The molecule has 1 heterocycles. The van der Waals surface area contributed by atoms with E-state index in [1.807, 2.05) is 19.1 Å². The molecule has 94 valence electrons. The van der Waals surface area contributed by atoms with Crippen LogP contribution in [0.2, 0.25) is 0 Å². The largest absolute Gasteiger partial charge is 0.388 e. The van der Waals surface area contributed by atoms with Gasteiger partial charge in [-0.25, -0.2) is 0 Å². The van der Waals surface area contributed by atoms with E-state index in [0.29, 0.717) is 5.92 Å². The maximum absolute atomic E-state index is 10.3. The molecule has 1 aromatic rings. The molecule has 0 saturated carbocycles. The van der Waals surface area contributed by atoms with Gasteiger partial charge in [0, 0.05) is 12.5 Å². The van der Waals surface area contributed by atoms with Crippen molar-refractivity contribution in [2.24, 2.45) is 5.92 Å². The second-order valence-electron chi connectivity index (χ2n) is 5.29. The Labute approximate surface area is 104 Å². The van der Waals surface area contributed by atoms with Crippen LogP contribution in [0.15, 0.2) is 24.3 Å². The van der Waals surface area contributed by atoms with Crippen molar-refractivity contribution in [1.82, 2.24) is 0 Å². The quantitative estimate of drug-likeness (QED) is 0.869. The molecule has 1 N–H and O–H groups in total. The summed E-state index contributed by atoms with van der Waals surface area (Å²) in [7, 11) is 0. The summed E-state index contributed by atoms with van der Waals surface area (Å²) in [4.78, 5) is 0. The zero-order chi connectivity index (χ0) is 12.4. The Morgan fingerprint density at radius 2 is 1.76 bits per heavy atom. The number of hydrogen-bond acceptors (Lipinski definition) is 2. The van der Waals surface area contributed by atoms with Gasteiger partial charge in [0.05, 0.1) is 12.2 Å². The molecule has 3 unspecified atom stereocenters. The minimum absolute atomic E-state index is 0.162. The fourth-order valence-corrected chi connectivity index (χ4v) is 2.49. The maximum Gasteiger partial charge on any atom is 0.0843 e. The second kappa shape index (κ2) is 5.19. The molecule has 2 rings (SSSR count). The van der Waals surface area contributed by atoms with E-state index in [1.54, 1.807) is 0 Å². The van der Waals surface area contributed by atoms with Crippen LogP contribution in [0.5, 0.6) is 0 Å². The van der Waals surface area contributed by atoms with Gasteiger partial charge in [0.2, 0.25) is 0 Å². The minimum atomic E-state index is -0.395. The summed E-state index contributed by atoms with van der Waals surface area (Å²) < 4.78 is 5.51. The van der Waals surface area contributed by atoms with Crippen LogP contribution in [0.4, 0.5) is 0 Å². The minimum Gasteiger partial charge on any atom is -0.388 e. The van der Waals surface area contributed by atoms with Crippen LogP contribution in [0.1, 0.15) is 50.3 Å². The van der Waals surface area contributed by atoms with Crippen molar-refractivity contribution in [2.45, 2.75) is 45.3 Å². The summed E-state index contributed by atoms with van der Waals surface area (Å²) in [5, 5.41) is 10.3. The third-order valence-electron chi connectivity index (χ3n) is 3.79. The first-order chi connectivity index (χ1) is 8.09. The average Bonchev–Trinajstić information content (AvgIpc) is 2.74. The standard InChI is InChI=1S/C15H22O2/c1-10(2)12-4-6-13(7-5-12)15(16)14-8-9-17-11(14)3/h4-7,10-11,14-16H,8-9H2,1-3H3. The van der Waals surface area contributed by atoms with Gasteiger partial charge in [0.25, 0.3) is 0 Å². The highest BCUT2D eigenvalue weighted by atomic mass is 16.5. The SMILES string of the molecule is CC(C)c1ccc(C(O)C2CCOC2C)cc1. The fourth-order valence-electron chi connectivity index (χ4n) is 2.49. The lowest BCUT2D eigenvalue weighted by molar-refractivity contribution is 0.0431. The Morgan fingerprint density at radius 1 is 1.18 bits per heavy atom. The molecule has 1 aliphatic rings. The number of rotatable bonds is 3. The normalized spacial score (nSPS) is 26.4. The monoisotopic (exact) mass is 234 g/mol. The number of benzene rings is 1. The Kier molecular flexibility index (Phi) is 3.85. The lowest BCUT2D eigenvalue weighted by Crippen LogP contribution is -2.19. The zero-order valence-electron chi connectivity index (χ0n) is 10.9. The molecular formula is C15H22O2. The van der Waals surface area contributed by atoms with Gasteiger partial charge in [-0.1, -0.05) is 38.1 Å². The third-order valence-corrected chi connectivity index (χ3v) is 3.79. The topological polar surface area (TPSA) is 29.5 Å². The molecular weight excluding hydrogens is 212 g/mol. The van der Waals surface area contributed by atoms with E-state index in [0.717, 1.165) is 18.6 Å². The lowest BCUT2D eigenvalue weighted by atomic mass is 9.89. The highest BCUT2D eigenvalue weighted by molar-refractivity contribution is 5.26. The van der Waals surface area contributed by atoms with Crippen LogP contribution >= 0.6 is 0 Å². The van der Waals surface area contributed by atoms with E-state index >= 15 is 0 Å². The van der Waals surface area contributed by atoms with Gasteiger partial charge in [0.1, 0.15) is 0 Å². The van der Waals surface area contributed by atoms with E-state index < -0.39 is 6.10 Å². The predicted molar refractivity (Wildman–Crippen MR) is 69.0 cm³/mol. The fraction of sp³-hybridized carbons (Fsp3) is 0.600. The maximum atomic E-state index is 10.3. The van der Waals surface area contributed by atoms with Crippen molar-refractivity contribution in [3.8, 4) is 0 Å². The lowest BCUT2D eigenvalue weighted by Gasteiger charge is -2.21. The van der Waals surface area contributed by atoms with Crippen molar-refractivity contribution in [3.63, 3.8) is 0 Å². The molecule has 1 saturated heterocycles. The van der Waals surface area contributed by atoms with Crippen molar-refractivity contribution in [3.05, 3.63) is 35.4 Å². The zero-order valence-corrected chi connectivity index (χ0v) is 10.9. The van der Waals surface area contributed by atoms with Crippen molar-refractivity contribution < 1.29 is 9.84 Å². The van der Waals surface area contributed by atoms with E-state index in [4.69, 9.17) is 4.74 Å². The van der Waals surface area contributed by atoms with Gasteiger partial charge in [-0.05, 0) is 30.4 Å². The van der Waals surface area contributed by atoms with Crippen molar-refractivity contribution in [2.75, 3.05) is 6.61 Å². The first-order valence-corrected chi connectivity index (χ1v) is 6.49. The van der Waals surface area contributed by atoms with Crippen LogP contribution in [0.3, 0.4) is 0 Å². The third kappa shape index (κ3) is 2.70. The Bertz CT molecular complexity index is 356. The van der Waals surface area contributed by atoms with E-state index in [1.165, 1.54) is 5.56 Å². The molecule has 0 aliphatic carbocycles. The van der Waals surface area contributed by atoms with Gasteiger partial charge in [-0.2, -0.15) is 0 Å². The Hall–Kier alpha value is -0.860. The summed E-state index contributed by atoms with van der Waals surface area (Å²) in [5.74, 6) is 0.773. The number of aliphatic hydroxyl groups excluding tert-OH is 1. The summed E-state index contributed by atoms with van der Waals surface area (Å²) in [6.45, 7) is 7.17. The van der Waals surface area contributed by atoms with Crippen LogP contribution < -0.4 is 0 Å². The first-order valence-electron chi connectivity index (χ1n) is 6.49. The molecule has 2 nitrogen and oxygen atoms in total. The second-order valence-corrected chi connectivity index (χ2v) is 5.29. The van der Waals surface area contributed by atoms with Gasteiger partial charge >= 0.3 is 0 Å². The Balaban J connectivity index is 2.11. The molecule has 0 radical (unpaired) electrons. The van der Waals surface area contributed by atoms with E-state index in [2.05, 4.69) is 26.0 Å². The molecule has 1 aliphatic heterocycles. The van der Waals surface area contributed by atoms with Crippen molar-refractivity contribution in [1.29, 1.82) is 0 Å². The number of aliphatic hydroxyl groups is 1. The molecule has 0 amide bonds. The van der Waals surface area contributed by atoms with E-state index in [9.17, 15) is 5.11 Å². The van der Waals surface area contributed by atoms with Gasteiger partial charge in [0.15, 0.2) is 0 Å². The van der Waals surface area contributed by atoms with E-state index in [-0.39, 0.29) is 12.0 Å². The van der Waals surface area contributed by atoms with Crippen LogP contribution in [-0.4, -0.2) is 17.8 Å². The van der Waals surface area contributed by atoms with Gasteiger partial charge in [-0.15, -0.1) is 0 Å². The molecule has 0 bridgehead atoms. The molecule has 17 heavy (non-hydrogen) atoms. The van der Waals surface area contributed by atoms with Crippen LogP contribution in [0.25, 0.3) is 0 Å². The highest BCUT2D eigenvalue weighted by Gasteiger charge is 2.31. The van der Waals surface area contributed by atoms with Gasteiger partial charge < -0.3 is 9.84 Å². The number of ether oxygens (including phenoxy) is 1. The molecule has 2 heteroatoms. The highest BCUT2D eigenvalue weighted by Crippen LogP contribution is 2.33. The Morgan fingerprint density at radius 3 is 2.24 bits per heavy atom. The molecule has 1 aromatic carbocycles. The smallest absolute Gasteiger partial charge is 0.0843 e. The van der Waals surface area contributed by atoms with Crippen molar-refractivity contribution >= 4 is 0 Å². The molecule has 3 atom stereocenters. The molecule has 0 aromatic heterocycles. The van der Waals surface area contributed by atoms with Crippen LogP contribution in [0, 0.1) is 5.92 Å². The number of hydrogen-bond donors (Lipinski definition) is 1. The first kappa shape index (κ1) is 12.6. The predicted octanol–water partition coefficient (Wildman–Crippen LogP) is 3.27. The summed E-state index contributed by atoms with van der Waals surface area (Å²) in [5.41, 5.74) is 2.33. The summed E-state index contributed by atoms with van der Waals surface area (Å²) in [6.07, 6.45) is 0.720. The average molecular weight is 234 g/mol. The summed E-state index contributed by atoms with van der Waals surface area (Å²) >= 11 is 0. The molecule has 0 spiro atoms. The van der Waals surface area contributed by atoms with Crippen LogP contribution in [-0.2, 0) is 4.74 Å².